The van der Waals surface area contributed by atoms with Crippen molar-refractivity contribution in [2.45, 2.75) is 50.5 Å². The van der Waals surface area contributed by atoms with E-state index >= 15 is 0 Å². The molecule has 0 radical (unpaired) electrons. The fourth-order valence-corrected chi connectivity index (χ4v) is 2.60. The van der Waals surface area contributed by atoms with Crippen LogP contribution in [0.3, 0.4) is 0 Å². The van der Waals surface area contributed by atoms with Crippen molar-refractivity contribution in [2.75, 3.05) is 6.61 Å². The number of fused-ring (bicyclic) bond motifs is 1. The van der Waals surface area contributed by atoms with Gasteiger partial charge in [0, 0.05) is 5.38 Å². The Morgan fingerprint density at radius 1 is 1.41 bits per heavy atom. The summed E-state index contributed by atoms with van der Waals surface area (Å²) in [5.74, 6) is 0. The highest BCUT2D eigenvalue weighted by Gasteiger charge is 2.19. The molecule has 94 valence electrons. The van der Waals surface area contributed by atoms with E-state index in [9.17, 15) is 0 Å². The van der Waals surface area contributed by atoms with Gasteiger partial charge in [-0.2, -0.15) is 0 Å². The van der Waals surface area contributed by atoms with Crippen LogP contribution in [0.2, 0.25) is 0 Å². The van der Waals surface area contributed by atoms with Gasteiger partial charge in [0.05, 0.1) is 12.7 Å². The largest absolute Gasteiger partial charge is 0.373 e. The second-order valence-electron chi connectivity index (χ2n) is 4.74. The van der Waals surface area contributed by atoms with Gasteiger partial charge in [0.2, 0.25) is 0 Å². The Kier molecular flexibility index (Phi) is 4.87. The van der Waals surface area contributed by atoms with Crippen molar-refractivity contribution in [3.05, 3.63) is 35.4 Å². The Balaban J connectivity index is 1.90. The maximum atomic E-state index is 6.14. The molecular weight excluding hydrogens is 232 g/mol. The molecule has 1 aliphatic rings. The Morgan fingerprint density at radius 2 is 2.24 bits per heavy atom. The second-order valence-corrected chi connectivity index (χ2v) is 5.36. The minimum Gasteiger partial charge on any atom is -0.373 e. The maximum Gasteiger partial charge on any atom is 0.0827 e. The van der Waals surface area contributed by atoms with Gasteiger partial charge in [-0.25, -0.2) is 0 Å². The van der Waals surface area contributed by atoms with Crippen molar-refractivity contribution < 1.29 is 4.74 Å². The van der Waals surface area contributed by atoms with Gasteiger partial charge in [0.15, 0.2) is 0 Å². The molecule has 1 nitrogen and oxygen atoms in total. The molecule has 2 heteroatoms. The third-order valence-corrected chi connectivity index (χ3v) is 4.05. The number of hydrogen-bond acceptors (Lipinski definition) is 1. The van der Waals surface area contributed by atoms with E-state index in [0.717, 1.165) is 38.7 Å². The molecule has 1 aromatic carbocycles. The molecule has 2 atom stereocenters. The third kappa shape index (κ3) is 3.46. The Bertz CT molecular complexity index is 351. The second kappa shape index (κ2) is 6.42. The van der Waals surface area contributed by atoms with Crippen LogP contribution in [-0.4, -0.2) is 12.0 Å². The summed E-state index contributed by atoms with van der Waals surface area (Å²) in [6.45, 7) is 3.00. The van der Waals surface area contributed by atoms with E-state index in [1.54, 1.807) is 0 Å². The molecule has 1 heterocycles. The van der Waals surface area contributed by atoms with Crippen LogP contribution in [0.1, 0.15) is 49.8 Å². The fraction of sp³-hybridized carbons (Fsp3) is 0.600. The van der Waals surface area contributed by atoms with Crippen LogP contribution in [0, 0.1) is 0 Å². The van der Waals surface area contributed by atoms with E-state index in [4.69, 9.17) is 16.3 Å². The van der Waals surface area contributed by atoms with Gasteiger partial charge in [-0.15, -0.1) is 11.6 Å². The standard InChI is InChI=1S/C15H21ClO/c1-2-13(16)7-5-9-15-14-8-4-3-6-12(14)10-11-17-15/h3-4,6,8,13,15H,2,5,7,9-11H2,1H3. The zero-order valence-electron chi connectivity index (χ0n) is 10.5. The molecule has 0 bridgehead atoms. The van der Waals surface area contributed by atoms with Crippen LogP contribution < -0.4 is 0 Å². The van der Waals surface area contributed by atoms with Crippen LogP contribution in [0.25, 0.3) is 0 Å². The van der Waals surface area contributed by atoms with Gasteiger partial charge in [-0.3, -0.25) is 0 Å². The first-order valence-electron chi connectivity index (χ1n) is 6.64. The molecule has 0 fully saturated rings. The monoisotopic (exact) mass is 252 g/mol. The van der Waals surface area contributed by atoms with Gasteiger partial charge in [-0.05, 0) is 43.2 Å². The lowest BCUT2D eigenvalue weighted by Gasteiger charge is -2.26. The number of rotatable bonds is 5. The molecule has 17 heavy (non-hydrogen) atoms. The average Bonchev–Trinajstić information content (AvgIpc) is 2.39. The molecule has 2 rings (SSSR count). The van der Waals surface area contributed by atoms with Crippen molar-refractivity contribution in [1.29, 1.82) is 0 Å². The van der Waals surface area contributed by atoms with E-state index in [1.807, 2.05) is 0 Å². The molecule has 0 aromatic heterocycles. The zero-order chi connectivity index (χ0) is 12.1. The highest BCUT2D eigenvalue weighted by Crippen LogP contribution is 2.31. The molecule has 0 spiro atoms. The Hall–Kier alpha value is -0.530. The quantitative estimate of drug-likeness (QED) is 0.702. The molecule has 0 N–H and O–H groups in total. The normalized spacial score (nSPS) is 20.9. The predicted octanol–water partition coefficient (Wildman–Crippen LogP) is 4.49. The predicted molar refractivity (Wildman–Crippen MR) is 72.6 cm³/mol. The van der Waals surface area contributed by atoms with E-state index in [-0.39, 0.29) is 0 Å². The van der Waals surface area contributed by atoms with Gasteiger partial charge < -0.3 is 4.74 Å². The van der Waals surface area contributed by atoms with Crippen LogP contribution in [0.15, 0.2) is 24.3 Å². The minimum absolute atomic E-state index is 0.292. The van der Waals surface area contributed by atoms with Crippen LogP contribution >= 0.6 is 11.6 Å². The first-order valence-corrected chi connectivity index (χ1v) is 7.08. The SMILES string of the molecule is CCC(Cl)CCCC1OCCc2ccccc21. The minimum atomic E-state index is 0.292. The lowest BCUT2D eigenvalue weighted by atomic mass is 9.94. The van der Waals surface area contributed by atoms with Crippen molar-refractivity contribution in [3.63, 3.8) is 0 Å². The first-order chi connectivity index (χ1) is 8.31. The summed E-state index contributed by atoms with van der Waals surface area (Å²) in [5, 5.41) is 0.328. The summed E-state index contributed by atoms with van der Waals surface area (Å²) >= 11 is 6.14. The van der Waals surface area contributed by atoms with E-state index in [1.165, 1.54) is 11.1 Å². The van der Waals surface area contributed by atoms with Gasteiger partial charge in [0.1, 0.15) is 0 Å². The summed E-state index contributed by atoms with van der Waals surface area (Å²) in [7, 11) is 0. The number of benzene rings is 1. The van der Waals surface area contributed by atoms with Crippen LogP contribution in [0.5, 0.6) is 0 Å². The number of ether oxygens (including phenoxy) is 1. The highest BCUT2D eigenvalue weighted by atomic mass is 35.5. The molecule has 0 saturated heterocycles. The molecule has 1 aliphatic heterocycles. The smallest absolute Gasteiger partial charge is 0.0827 e. The zero-order valence-corrected chi connectivity index (χ0v) is 11.2. The molecule has 1 aromatic rings. The average molecular weight is 253 g/mol. The van der Waals surface area contributed by atoms with E-state index in [0.29, 0.717) is 11.5 Å². The molecule has 2 unspecified atom stereocenters. The van der Waals surface area contributed by atoms with Crippen molar-refractivity contribution in [2.24, 2.45) is 0 Å². The Labute approximate surface area is 109 Å². The first kappa shape index (κ1) is 12.9. The Morgan fingerprint density at radius 3 is 3.06 bits per heavy atom. The van der Waals surface area contributed by atoms with Crippen LogP contribution in [-0.2, 0) is 11.2 Å². The van der Waals surface area contributed by atoms with E-state index < -0.39 is 0 Å². The molecule has 0 aliphatic carbocycles. The van der Waals surface area contributed by atoms with Gasteiger partial charge in [0.25, 0.3) is 0 Å². The van der Waals surface area contributed by atoms with Crippen molar-refractivity contribution in [1.82, 2.24) is 0 Å². The van der Waals surface area contributed by atoms with Gasteiger partial charge >= 0.3 is 0 Å². The van der Waals surface area contributed by atoms with Crippen LogP contribution in [0.4, 0.5) is 0 Å². The fourth-order valence-electron chi connectivity index (χ4n) is 2.44. The molecule has 0 saturated carbocycles. The highest BCUT2D eigenvalue weighted by molar-refractivity contribution is 6.20. The van der Waals surface area contributed by atoms with E-state index in [2.05, 4.69) is 31.2 Å². The molecule has 0 amide bonds. The summed E-state index contributed by atoms with van der Waals surface area (Å²) in [5.41, 5.74) is 2.85. The topological polar surface area (TPSA) is 9.23 Å². The number of halogens is 1. The number of hydrogen-bond donors (Lipinski definition) is 0. The summed E-state index contributed by atoms with van der Waals surface area (Å²) in [4.78, 5) is 0. The summed E-state index contributed by atoms with van der Waals surface area (Å²) < 4.78 is 5.88. The lowest BCUT2D eigenvalue weighted by molar-refractivity contribution is 0.0348. The maximum absolute atomic E-state index is 6.14. The summed E-state index contributed by atoms with van der Waals surface area (Å²) in [6, 6.07) is 8.66. The lowest BCUT2D eigenvalue weighted by Crippen LogP contribution is -2.16. The summed E-state index contributed by atoms with van der Waals surface area (Å²) in [6.07, 6.45) is 5.76. The van der Waals surface area contributed by atoms with Crippen molar-refractivity contribution >= 4 is 11.6 Å². The third-order valence-electron chi connectivity index (χ3n) is 3.52. The molecular formula is C15H21ClO. The van der Waals surface area contributed by atoms with Crippen molar-refractivity contribution in [3.8, 4) is 0 Å². The number of alkyl halides is 1. The van der Waals surface area contributed by atoms with Gasteiger partial charge in [-0.1, -0.05) is 31.2 Å².